The van der Waals surface area contributed by atoms with E-state index in [0.29, 0.717) is 29.2 Å². The van der Waals surface area contributed by atoms with Crippen molar-refractivity contribution in [1.29, 1.82) is 0 Å². The minimum Gasteiger partial charge on any atom is -0.352 e. The van der Waals surface area contributed by atoms with Crippen LogP contribution in [0, 0.1) is 0 Å². The topological polar surface area (TPSA) is 58.2 Å². The van der Waals surface area contributed by atoms with Crippen LogP contribution in [0.5, 0.6) is 0 Å². The molecule has 5 heteroatoms. The number of hydrogen-bond acceptors (Lipinski definition) is 2. The summed E-state index contributed by atoms with van der Waals surface area (Å²) in [6.07, 6.45) is 2.73. The highest BCUT2D eigenvalue weighted by molar-refractivity contribution is 6.30. The second kappa shape index (κ2) is 9.84. The maximum atomic E-state index is 12.1. The Balaban J connectivity index is 1.81. The third-order valence-corrected chi connectivity index (χ3v) is 4.09. The Labute approximate surface area is 153 Å². The van der Waals surface area contributed by atoms with Gasteiger partial charge in [0.1, 0.15) is 0 Å². The Morgan fingerprint density at radius 2 is 1.36 bits per heavy atom. The van der Waals surface area contributed by atoms with Gasteiger partial charge in [0.25, 0.3) is 11.8 Å². The molecule has 0 unspecified atom stereocenters. The Morgan fingerprint density at radius 3 is 1.88 bits per heavy atom. The summed E-state index contributed by atoms with van der Waals surface area (Å²) < 4.78 is 0. The highest BCUT2D eigenvalue weighted by atomic mass is 35.5. The zero-order chi connectivity index (χ0) is 18.1. The fourth-order valence-electron chi connectivity index (χ4n) is 2.33. The molecule has 0 fully saturated rings. The van der Waals surface area contributed by atoms with E-state index in [4.69, 9.17) is 11.6 Å². The number of halogens is 1. The van der Waals surface area contributed by atoms with Gasteiger partial charge in [-0.1, -0.05) is 37.1 Å². The normalized spacial score (nSPS) is 10.3. The molecule has 2 rings (SSSR count). The summed E-state index contributed by atoms with van der Waals surface area (Å²) in [5.74, 6) is -0.255. The molecular weight excluding hydrogens is 336 g/mol. The standard InChI is InChI=1S/C20H23ClN2O2/c1-2-3-13-22-19(24)16-6-8-17(9-7-16)20(25)23-14-12-15-4-10-18(21)11-5-15/h4-11H,2-3,12-14H2,1H3,(H,22,24)(H,23,25). The number of nitrogens with one attached hydrogen (secondary N) is 2. The molecule has 0 radical (unpaired) electrons. The number of carbonyl (C=O) groups is 2. The van der Waals surface area contributed by atoms with Crippen molar-refractivity contribution in [3.05, 3.63) is 70.2 Å². The molecule has 0 bridgehead atoms. The molecule has 2 N–H and O–H groups in total. The smallest absolute Gasteiger partial charge is 0.251 e. The van der Waals surface area contributed by atoms with Gasteiger partial charge in [-0.25, -0.2) is 0 Å². The molecule has 0 aliphatic rings. The summed E-state index contributed by atoms with van der Waals surface area (Å²) >= 11 is 5.85. The van der Waals surface area contributed by atoms with Crippen LogP contribution in [0.1, 0.15) is 46.0 Å². The molecule has 132 valence electrons. The van der Waals surface area contributed by atoms with E-state index in [1.165, 1.54) is 0 Å². The van der Waals surface area contributed by atoms with Gasteiger partial charge in [-0.3, -0.25) is 9.59 Å². The molecule has 2 aromatic carbocycles. The highest BCUT2D eigenvalue weighted by Crippen LogP contribution is 2.10. The zero-order valence-electron chi connectivity index (χ0n) is 14.3. The minimum atomic E-state index is -0.146. The fourth-order valence-corrected chi connectivity index (χ4v) is 2.45. The van der Waals surface area contributed by atoms with Crippen LogP contribution in [-0.2, 0) is 6.42 Å². The van der Waals surface area contributed by atoms with E-state index < -0.39 is 0 Å². The molecule has 0 heterocycles. The Hall–Kier alpha value is -2.33. The SMILES string of the molecule is CCCCNC(=O)c1ccc(C(=O)NCCc2ccc(Cl)cc2)cc1. The van der Waals surface area contributed by atoms with Crippen LogP contribution in [0.3, 0.4) is 0 Å². The van der Waals surface area contributed by atoms with Crippen LogP contribution >= 0.6 is 11.6 Å². The lowest BCUT2D eigenvalue weighted by atomic mass is 10.1. The molecule has 25 heavy (non-hydrogen) atoms. The summed E-state index contributed by atoms with van der Waals surface area (Å²) in [5, 5.41) is 6.44. The van der Waals surface area contributed by atoms with E-state index in [-0.39, 0.29) is 11.8 Å². The first kappa shape index (κ1) is 19.0. The molecule has 0 saturated heterocycles. The van der Waals surface area contributed by atoms with E-state index in [9.17, 15) is 9.59 Å². The predicted octanol–water partition coefficient (Wildman–Crippen LogP) is 3.84. The number of rotatable bonds is 8. The number of unbranched alkanes of at least 4 members (excludes halogenated alkanes) is 1. The van der Waals surface area contributed by atoms with Crippen LogP contribution in [0.2, 0.25) is 5.02 Å². The monoisotopic (exact) mass is 358 g/mol. The number of benzene rings is 2. The summed E-state index contributed by atoms with van der Waals surface area (Å²) in [6, 6.07) is 14.3. The predicted molar refractivity (Wildman–Crippen MR) is 101 cm³/mol. The maximum absolute atomic E-state index is 12.1. The van der Waals surface area contributed by atoms with Crippen molar-refractivity contribution in [1.82, 2.24) is 10.6 Å². The summed E-state index contributed by atoms with van der Waals surface area (Å²) in [5.41, 5.74) is 2.22. The molecule has 0 aromatic heterocycles. The Bertz CT molecular complexity index is 697. The molecule has 0 atom stereocenters. The summed E-state index contributed by atoms with van der Waals surface area (Å²) in [6.45, 7) is 3.29. The molecule has 0 aliphatic heterocycles. The van der Waals surface area contributed by atoms with Crippen LogP contribution in [-0.4, -0.2) is 24.9 Å². The van der Waals surface area contributed by atoms with Crippen molar-refractivity contribution in [3.63, 3.8) is 0 Å². The highest BCUT2D eigenvalue weighted by Gasteiger charge is 2.08. The molecular formula is C20H23ClN2O2. The molecule has 0 saturated carbocycles. The molecule has 4 nitrogen and oxygen atoms in total. The number of amides is 2. The Morgan fingerprint density at radius 1 is 0.840 bits per heavy atom. The van der Waals surface area contributed by atoms with Crippen LogP contribution in [0.15, 0.2) is 48.5 Å². The van der Waals surface area contributed by atoms with E-state index in [2.05, 4.69) is 17.6 Å². The molecule has 2 amide bonds. The van der Waals surface area contributed by atoms with E-state index in [0.717, 1.165) is 24.8 Å². The second-order valence-corrected chi connectivity index (χ2v) is 6.26. The molecule has 2 aromatic rings. The molecule has 0 spiro atoms. The first-order valence-corrected chi connectivity index (χ1v) is 8.89. The van der Waals surface area contributed by atoms with Crippen LogP contribution in [0.25, 0.3) is 0 Å². The van der Waals surface area contributed by atoms with Gasteiger partial charge < -0.3 is 10.6 Å². The van der Waals surface area contributed by atoms with Gasteiger partial charge in [0, 0.05) is 29.2 Å². The number of hydrogen-bond donors (Lipinski definition) is 2. The van der Waals surface area contributed by atoms with Crippen molar-refractivity contribution in [2.45, 2.75) is 26.2 Å². The Kier molecular flexibility index (Phi) is 7.48. The molecule has 0 aliphatic carbocycles. The third-order valence-electron chi connectivity index (χ3n) is 3.84. The van der Waals surface area contributed by atoms with Crippen molar-refractivity contribution >= 4 is 23.4 Å². The average molecular weight is 359 g/mol. The lowest BCUT2D eigenvalue weighted by Crippen LogP contribution is -2.26. The van der Waals surface area contributed by atoms with Crippen molar-refractivity contribution in [3.8, 4) is 0 Å². The van der Waals surface area contributed by atoms with Gasteiger partial charge in [-0.15, -0.1) is 0 Å². The zero-order valence-corrected chi connectivity index (χ0v) is 15.1. The largest absolute Gasteiger partial charge is 0.352 e. The minimum absolute atomic E-state index is 0.108. The van der Waals surface area contributed by atoms with Gasteiger partial charge >= 0.3 is 0 Å². The average Bonchev–Trinajstić information content (AvgIpc) is 2.63. The lowest BCUT2D eigenvalue weighted by molar-refractivity contribution is 0.0941. The maximum Gasteiger partial charge on any atom is 0.251 e. The van der Waals surface area contributed by atoms with Crippen molar-refractivity contribution in [2.24, 2.45) is 0 Å². The van der Waals surface area contributed by atoms with Crippen LogP contribution < -0.4 is 10.6 Å². The van der Waals surface area contributed by atoms with Crippen molar-refractivity contribution in [2.75, 3.05) is 13.1 Å². The second-order valence-electron chi connectivity index (χ2n) is 5.82. The van der Waals surface area contributed by atoms with Gasteiger partial charge in [-0.05, 0) is 54.8 Å². The summed E-state index contributed by atoms with van der Waals surface area (Å²) in [4.78, 5) is 24.1. The van der Waals surface area contributed by atoms with Crippen LogP contribution in [0.4, 0.5) is 0 Å². The number of carbonyl (C=O) groups excluding carboxylic acids is 2. The quantitative estimate of drug-likeness (QED) is 0.704. The van der Waals surface area contributed by atoms with Gasteiger partial charge in [0.2, 0.25) is 0 Å². The van der Waals surface area contributed by atoms with Crippen molar-refractivity contribution < 1.29 is 9.59 Å². The van der Waals surface area contributed by atoms with Gasteiger partial charge in [0.15, 0.2) is 0 Å². The summed E-state index contributed by atoms with van der Waals surface area (Å²) in [7, 11) is 0. The first-order valence-electron chi connectivity index (χ1n) is 8.51. The fraction of sp³-hybridized carbons (Fsp3) is 0.300. The van der Waals surface area contributed by atoms with E-state index in [1.54, 1.807) is 24.3 Å². The van der Waals surface area contributed by atoms with Gasteiger partial charge in [-0.2, -0.15) is 0 Å². The lowest BCUT2D eigenvalue weighted by Gasteiger charge is -2.07. The van der Waals surface area contributed by atoms with E-state index >= 15 is 0 Å². The van der Waals surface area contributed by atoms with E-state index in [1.807, 2.05) is 24.3 Å². The van der Waals surface area contributed by atoms with Gasteiger partial charge in [0.05, 0.1) is 0 Å². The first-order chi connectivity index (χ1) is 12.1. The third kappa shape index (κ3) is 6.24.